The average molecular weight is 856 g/mol. The summed E-state index contributed by atoms with van der Waals surface area (Å²) in [7, 11) is 0. The summed E-state index contributed by atoms with van der Waals surface area (Å²) in [4.78, 5) is 22.6. The Labute approximate surface area is 394 Å². The second kappa shape index (κ2) is 43.4. The first-order valence-electron chi connectivity index (χ1n) is 25.9. The first kappa shape index (κ1) is 59.1. The third-order valence-electron chi connectivity index (χ3n) is 13.2. The molecule has 0 radical (unpaired) electrons. The van der Waals surface area contributed by atoms with Gasteiger partial charge in [0.25, 0.3) is 0 Å². The number of carboxylic acids is 2. The molecule has 2 rings (SSSR count). The average Bonchev–Trinajstić information content (AvgIpc) is 3.90. The molecule has 0 saturated heterocycles. The number of carbonyl (C=O) groups is 2. The van der Waals surface area contributed by atoms with Crippen LogP contribution >= 0.6 is 0 Å². The van der Waals surface area contributed by atoms with Crippen molar-refractivity contribution < 1.29 is 19.8 Å². The van der Waals surface area contributed by atoms with Gasteiger partial charge in [0.1, 0.15) is 0 Å². The molecule has 2 saturated carbocycles. The molecule has 0 heterocycles. The number of hydrogen-bond acceptors (Lipinski definition) is 4. The number of rotatable bonds is 36. The molecule has 4 atom stereocenters. The summed E-state index contributed by atoms with van der Waals surface area (Å²) in [5, 5.41) is 22.6. The first-order chi connectivity index (χ1) is 29.4. The Morgan fingerprint density at radius 1 is 0.410 bits per heavy atom. The summed E-state index contributed by atoms with van der Waals surface area (Å²) >= 11 is 0. The molecule has 0 aromatic carbocycles. The van der Waals surface area contributed by atoms with Crippen molar-refractivity contribution in [3.05, 3.63) is 71.9 Å². The fourth-order valence-electron chi connectivity index (χ4n) is 9.46. The van der Waals surface area contributed by atoms with Crippen LogP contribution in [0, 0.1) is 23.7 Å². The van der Waals surface area contributed by atoms with Crippen LogP contribution in [0.1, 0.15) is 246 Å². The molecular weight excluding hydrogens is 761 g/mol. The van der Waals surface area contributed by atoms with Crippen molar-refractivity contribution in [3.8, 4) is 0 Å². The van der Waals surface area contributed by atoms with Gasteiger partial charge in [0.2, 0.25) is 0 Å². The van der Waals surface area contributed by atoms with Crippen molar-refractivity contribution >= 4 is 35.0 Å². The van der Waals surface area contributed by atoms with E-state index in [-0.39, 0.29) is 34.2 Å². The molecule has 61 heavy (non-hydrogen) atoms. The van der Waals surface area contributed by atoms with Gasteiger partial charge in [-0.25, -0.2) is 0 Å². The van der Waals surface area contributed by atoms with Gasteiger partial charge in [-0.05, 0) is 86.2 Å². The predicted octanol–water partition coefficient (Wildman–Crippen LogP) is 15.0. The van der Waals surface area contributed by atoms with E-state index in [4.69, 9.17) is 0 Å². The molecule has 4 nitrogen and oxygen atoms in total. The summed E-state index contributed by atoms with van der Waals surface area (Å²) in [6.45, 7) is 8.95. The number of carbonyl (C=O) groups excluding carboxylic acids is 2. The topological polar surface area (TPSA) is 80.3 Å². The van der Waals surface area contributed by atoms with Crippen molar-refractivity contribution in [1.29, 1.82) is 0 Å². The number of carboxylic acid groups (broad SMARTS) is 2. The Balaban J connectivity index is 0.00000116. The Hall–Kier alpha value is -1.85. The van der Waals surface area contributed by atoms with Crippen LogP contribution < -0.4 is 10.2 Å². The van der Waals surface area contributed by atoms with E-state index in [0.29, 0.717) is 0 Å². The van der Waals surface area contributed by atoms with Gasteiger partial charge < -0.3 is 19.8 Å². The molecule has 0 aromatic rings. The quantitative estimate of drug-likeness (QED) is 0.0272. The van der Waals surface area contributed by atoms with Crippen LogP contribution in [0.2, 0.25) is 0 Å². The van der Waals surface area contributed by atoms with E-state index in [1.807, 2.05) is 24.3 Å². The first-order valence-corrected chi connectivity index (χ1v) is 25.9. The second-order valence-electron chi connectivity index (χ2n) is 18.3. The summed E-state index contributed by atoms with van der Waals surface area (Å²) in [5.74, 6) is 1.43. The van der Waals surface area contributed by atoms with Crippen molar-refractivity contribution in [2.75, 3.05) is 0 Å². The molecule has 5 heteroatoms. The minimum atomic E-state index is -1.08. The van der Waals surface area contributed by atoms with E-state index in [0.717, 1.165) is 62.2 Å². The molecule has 0 unspecified atom stereocenters. The Bertz CT molecular complexity index is 1130. The molecule has 0 spiro atoms. The van der Waals surface area contributed by atoms with Gasteiger partial charge in [0, 0.05) is 0 Å². The van der Waals surface area contributed by atoms with Gasteiger partial charge in [-0.1, -0.05) is 255 Å². The van der Waals surface area contributed by atoms with Gasteiger partial charge in [0.05, 0.1) is 11.9 Å². The maximum Gasteiger partial charge on any atom is 2.00 e. The van der Waals surface area contributed by atoms with E-state index in [1.165, 1.54) is 180 Å². The summed E-state index contributed by atoms with van der Waals surface area (Å²) < 4.78 is 0. The zero-order chi connectivity index (χ0) is 43.7. The van der Waals surface area contributed by atoms with Crippen molar-refractivity contribution in [3.63, 3.8) is 0 Å². The number of unbranched alkanes of at least 4 members (excludes halogenated alkanes) is 18. The Kier molecular flexibility index (Phi) is 42.1. The third-order valence-corrected chi connectivity index (χ3v) is 13.2. The number of hydrogen-bond donors (Lipinski definition) is 0. The monoisotopic (exact) mass is 855 g/mol. The minimum Gasteiger partial charge on any atom is -0.545 e. The van der Waals surface area contributed by atoms with Crippen LogP contribution in [0.5, 0.6) is 0 Å². The molecule has 0 aliphatic heterocycles. The number of aliphatic carboxylic acids is 2. The van der Waals surface area contributed by atoms with E-state index in [9.17, 15) is 19.8 Å². The van der Waals surface area contributed by atoms with E-state index >= 15 is 0 Å². The summed E-state index contributed by atoms with van der Waals surface area (Å²) in [6.07, 6.45) is 62.9. The maximum atomic E-state index is 11.3. The Morgan fingerprint density at radius 3 is 1.07 bits per heavy atom. The van der Waals surface area contributed by atoms with Gasteiger partial charge in [-0.2, -0.15) is 0 Å². The maximum absolute atomic E-state index is 11.3. The molecule has 344 valence electrons. The van der Waals surface area contributed by atoms with Gasteiger partial charge in [-0.15, -0.1) is 0 Å². The van der Waals surface area contributed by atoms with Crippen LogP contribution in [0.4, 0.5) is 0 Å². The molecule has 0 amide bonds. The van der Waals surface area contributed by atoms with Crippen molar-refractivity contribution in [1.82, 2.24) is 0 Å². The smallest absolute Gasteiger partial charge is 0.545 e. The molecular formula is C56H94MgO4. The van der Waals surface area contributed by atoms with Crippen LogP contribution in [-0.4, -0.2) is 35.0 Å². The summed E-state index contributed by atoms with van der Waals surface area (Å²) in [6, 6.07) is 0. The molecule has 0 N–H and O–H groups in total. The van der Waals surface area contributed by atoms with E-state index < -0.39 is 11.9 Å². The van der Waals surface area contributed by atoms with E-state index in [1.54, 1.807) is 24.3 Å². The van der Waals surface area contributed by atoms with Crippen molar-refractivity contribution in [2.45, 2.75) is 246 Å². The Morgan fingerprint density at radius 2 is 0.721 bits per heavy atom. The normalized spacial score (nSPS) is 19.7. The zero-order valence-corrected chi connectivity index (χ0v) is 41.9. The standard InChI is InChI=1S/2C28H48O2.Mg/c2*1-3-5-7-9-11-14-19-25-23-18-24-26(25)20-16-13-17-22-27(28(29)30)21-15-12-10-8-6-4-2;/h2*13,15,17,21-22,25-26H,3-12,14,16,18-20,23-24H2,1-2H3,(H,29,30);/q;;+2/p-2/t2*25-,26-;/m00./s1. The number of allylic oxidation sites excluding steroid dienone is 8. The van der Waals surface area contributed by atoms with Crippen LogP contribution in [-0.2, 0) is 9.59 Å². The molecule has 2 aliphatic carbocycles. The second-order valence-corrected chi connectivity index (χ2v) is 18.3. The fraction of sp³-hybridized carbons (Fsp3) is 0.750. The van der Waals surface area contributed by atoms with Gasteiger partial charge in [-0.3, -0.25) is 0 Å². The van der Waals surface area contributed by atoms with Crippen molar-refractivity contribution in [2.24, 2.45) is 23.7 Å². The van der Waals surface area contributed by atoms with Crippen LogP contribution in [0.15, 0.2) is 71.9 Å². The largest absolute Gasteiger partial charge is 2.00 e. The van der Waals surface area contributed by atoms with Gasteiger partial charge >= 0.3 is 23.1 Å². The third kappa shape index (κ3) is 33.3. The van der Waals surface area contributed by atoms with Crippen LogP contribution in [0.25, 0.3) is 0 Å². The predicted molar refractivity (Wildman–Crippen MR) is 262 cm³/mol. The fourth-order valence-corrected chi connectivity index (χ4v) is 9.46. The SMILES string of the molecule is CCCCCCC=CC(=CC=CCC[C@H]1CCC[C@@H]1CCCCCCCC)C(=O)[O-].CCCCCCC=CC(=CC=CCC[C@H]1CCC[C@@H]1CCCCCCCC)C(=O)[O-].[Mg+2]. The van der Waals surface area contributed by atoms with Gasteiger partial charge in [0.15, 0.2) is 0 Å². The molecule has 2 fully saturated rings. The van der Waals surface area contributed by atoms with Crippen LogP contribution in [0.3, 0.4) is 0 Å². The minimum absolute atomic E-state index is 0. The molecule has 2 aliphatic rings. The van der Waals surface area contributed by atoms with E-state index in [2.05, 4.69) is 39.8 Å². The molecule has 0 bridgehead atoms. The zero-order valence-electron chi connectivity index (χ0n) is 40.5. The molecule has 0 aromatic heterocycles. The summed E-state index contributed by atoms with van der Waals surface area (Å²) in [5.41, 5.74) is 0.562.